The second kappa shape index (κ2) is 5.68. The number of rotatable bonds is 4. The molecule has 1 N–H and O–H groups in total. The molecule has 0 radical (unpaired) electrons. The van der Waals surface area contributed by atoms with Crippen LogP contribution in [-0.2, 0) is 6.54 Å². The molecule has 2 heterocycles. The third-order valence-corrected chi connectivity index (χ3v) is 2.94. The molecule has 0 aliphatic rings. The standard InChI is InChI=1S/C12H11BrN2O3/c1-17-10-3-2-8(6-14-10)7-15-12(16)9-4-5-18-11(9)13/h2-6H,7H2,1H3,(H,15,16). The molecule has 0 bridgehead atoms. The van der Waals surface area contributed by atoms with Gasteiger partial charge in [0, 0.05) is 18.8 Å². The Hall–Kier alpha value is -1.82. The summed E-state index contributed by atoms with van der Waals surface area (Å²) in [7, 11) is 1.56. The molecular formula is C12H11BrN2O3. The molecule has 94 valence electrons. The van der Waals surface area contributed by atoms with Crippen molar-refractivity contribution in [2.75, 3.05) is 7.11 Å². The number of carbonyl (C=O) groups is 1. The number of halogens is 1. The van der Waals surface area contributed by atoms with Crippen molar-refractivity contribution in [3.8, 4) is 5.88 Å². The van der Waals surface area contributed by atoms with E-state index in [4.69, 9.17) is 9.15 Å². The van der Waals surface area contributed by atoms with Crippen LogP contribution in [-0.4, -0.2) is 18.0 Å². The third-order valence-electron chi connectivity index (χ3n) is 2.32. The number of amides is 1. The molecule has 1 amide bonds. The van der Waals surface area contributed by atoms with E-state index in [0.29, 0.717) is 22.7 Å². The van der Waals surface area contributed by atoms with Gasteiger partial charge >= 0.3 is 0 Å². The first-order valence-corrected chi connectivity index (χ1v) is 6.00. The molecule has 5 nitrogen and oxygen atoms in total. The summed E-state index contributed by atoms with van der Waals surface area (Å²) >= 11 is 3.16. The predicted octanol–water partition coefficient (Wildman–Crippen LogP) is 2.38. The maximum absolute atomic E-state index is 11.8. The molecule has 18 heavy (non-hydrogen) atoms. The summed E-state index contributed by atoms with van der Waals surface area (Å²) in [5, 5.41) is 2.77. The zero-order chi connectivity index (χ0) is 13.0. The fourth-order valence-corrected chi connectivity index (χ4v) is 1.79. The van der Waals surface area contributed by atoms with Crippen LogP contribution in [0.2, 0.25) is 0 Å². The highest BCUT2D eigenvalue weighted by atomic mass is 79.9. The van der Waals surface area contributed by atoms with E-state index in [9.17, 15) is 4.79 Å². The van der Waals surface area contributed by atoms with Gasteiger partial charge in [-0.3, -0.25) is 4.79 Å². The lowest BCUT2D eigenvalue weighted by Crippen LogP contribution is -2.22. The average Bonchev–Trinajstić information content (AvgIpc) is 2.83. The lowest BCUT2D eigenvalue weighted by Gasteiger charge is -2.04. The zero-order valence-corrected chi connectivity index (χ0v) is 11.2. The van der Waals surface area contributed by atoms with Crippen LogP contribution in [0.25, 0.3) is 0 Å². The SMILES string of the molecule is COc1ccc(CNC(=O)c2ccoc2Br)cn1. The summed E-state index contributed by atoms with van der Waals surface area (Å²) in [5.41, 5.74) is 1.36. The van der Waals surface area contributed by atoms with Crippen LogP contribution >= 0.6 is 15.9 Å². The van der Waals surface area contributed by atoms with Crippen molar-refractivity contribution >= 4 is 21.8 Å². The van der Waals surface area contributed by atoms with Crippen LogP contribution in [0.1, 0.15) is 15.9 Å². The van der Waals surface area contributed by atoms with Crippen molar-refractivity contribution in [3.05, 3.63) is 46.5 Å². The number of carbonyl (C=O) groups excluding carboxylic acids is 1. The van der Waals surface area contributed by atoms with E-state index >= 15 is 0 Å². The molecule has 6 heteroatoms. The number of hydrogen-bond donors (Lipinski definition) is 1. The first-order valence-electron chi connectivity index (χ1n) is 5.21. The van der Waals surface area contributed by atoms with Crippen molar-refractivity contribution < 1.29 is 13.9 Å². The van der Waals surface area contributed by atoms with Crippen LogP contribution < -0.4 is 10.1 Å². The van der Waals surface area contributed by atoms with Gasteiger partial charge in [-0.15, -0.1) is 0 Å². The van der Waals surface area contributed by atoms with E-state index in [1.165, 1.54) is 6.26 Å². The number of methoxy groups -OCH3 is 1. The summed E-state index contributed by atoms with van der Waals surface area (Å²) in [5.74, 6) is 0.342. The first-order chi connectivity index (χ1) is 8.70. The van der Waals surface area contributed by atoms with Gasteiger partial charge in [0.15, 0.2) is 4.67 Å². The van der Waals surface area contributed by atoms with Gasteiger partial charge in [0.2, 0.25) is 5.88 Å². The van der Waals surface area contributed by atoms with Gasteiger partial charge in [0.05, 0.1) is 18.9 Å². The van der Waals surface area contributed by atoms with E-state index in [2.05, 4.69) is 26.2 Å². The topological polar surface area (TPSA) is 64.4 Å². The van der Waals surface area contributed by atoms with E-state index in [-0.39, 0.29) is 5.91 Å². The van der Waals surface area contributed by atoms with E-state index in [0.717, 1.165) is 5.56 Å². The summed E-state index contributed by atoms with van der Waals surface area (Å²) in [4.78, 5) is 15.8. The minimum Gasteiger partial charge on any atom is -0.481 e. The Morgan fingerprint density at radius 3 is 2.89 bits per heavy atom. The van der Waals surface area contributed by atoms with Gasteiger partial charge in [-0.1, -0.05) is 6.07 Å². The maximum atomic E-state index is 11.8. The lowest BCUT2D eigenvalue weighted by molar-refractivity contribution is 0.0949. The molecule has 0 aromatic carbocycles. The van der Waals surface area contributed by atoms with Gasteiger partial charge in [0.25, 0.3) is 5.91 Å². The molecule has 0 unspecified atom stereocenters. The van der Waals surface area contributed by atoms with Crippen molar-refractivity contribution in [1.29, 1.82) is 0 Å². The van der Waals surface area contributed by atoms with Gasteiger partial charge in [-0.25, -0.2) is 4.98 Å². The Morgan fingerprint density at radius 2 is 2.33 bits per heavy atom. The van der Waals surface area contributed by atoms with Crippen molar-refractivity contribution in [1.82, 2.24) is 10.3 Å². The minimum absolute atomic E-state index is 0.202. The smallest absolute Gasteiger partial charge is 0.256 e. The van der Waals surface area contributed by atoms with Crippen molar-refractivity contribution in [3.63, 3.8) is 0 Å². The van der Waals surface area contributed by atoms with Crippen molar-refractivity contribution in [2.45, 2.75) is 6.54 Å². The van der Waals surface area contributed by atoms with Crippen LogP contribution in [0.3, 0.4) is 0 Å². The largest absolute Gasteiger partial charge is 0.481 e. The highest BCUT2D eigenvalue weighted by Gasteiger charge is 2.11. The average molecular weight is 311 g/mol. The molecule has 0 saturated heterocycles. The van der Waals surface area contributed by atoms with Gasteiger partial charge in [0.1, 0.15) is 0 Å². The first kappa shape index (κ1) is 12.6. The van der Waals surface area contributed by atoms with E-state index in [1.54, 1.807) is 25.4 Å². The Labute approximate surface area is 112 Å². The molecular weight excluding hydrogens is 300 g/mol. The Bertz CT molecular complexity index is 537. The van der Waals surface area contributed by atoms with Crippen molar-refractivity contribution in [2.24, 2.45) is 0 Å². The second-order valence-electron chi connectivity index (χ2n) is 3.50. The van der Waals surface area contributed by atoms with Gasteiger partial charge < -0.3 is 14.5 Å². The van der Waals surface area contributed by atoms with Crippen LogP contribution in [0.4, 0.5) is 0 Å². The quantitative estimate of drug-likeness (QED) is 0.941. The Kier molecular flexibility index (Phi) is 3.99. The molecule has 0 atom stereocenters. The lowest BCUT2D eigenvalue weighted by atomic mass is 10.2. The fraction of sp³-hybridized carbons (Fsp3) is 0.167. The predicted molar refractivity (Wildman–Crippen MR) is 68.4 cm³/mol. The number of aromatic nitrogens is 1. The third kappa shape index (κ3) is 2.89. The molecule has 0 aliphatic heterocycles. The molecule has 0 spiro atoms. The summed E-state index contributed by atoms with van der Waals surface area (Å²) < 4.78 is 10.4. The van der Waals surface area contributed by atoms with E-state index in [1.807, 2.05) is 6.07 Å². The summed E-state index contributed by atoms with van der Waals surface area (Å²) in [6, 6.07) is 5.19. The number of hydrogen-bond acceptors (Lipinski definition) is 4. The summed E-state index contributed by atoms with van der Waals surface area (Å²) in [6.45, 7) is 0.396. The molecule has 0 aliphatic carbocycles. The van der Waals surface area contributed by atoms with E-state index < -0.39 is 0 Å². The molecule has 2 aromatic heterocycles. The molecule has 0 fully saturated rings. The Balaban J connectivity index is 1.95. The highest BCUT2D eigenvalue weighted by molar-refractivity contribution is 9.10. The zero-order valence-electron chi connectivity index (χ0n) is 9.64. The maximum Gasteiger partial charge on any atom is 0.256 e. The molecule has 2 aromatic rings. The van der Waals surface area contributed by atoms with Crippen LogP contribution in [0.5, 0.6) is 5.88 Å². The monoisotopic (exact) mass is 310 g/mol. The highest BCUT2D eigenvalue weighted by Crippen LogP contribution is 2.17. The number of nitrogens with one attached hydrogen (secondary N) is 1. The number of furan rings is 1. The van der Waals surface area contributed by atoms with Gasteiger partial charge in [-0.2, -0.15) is 0 Å². The number of ether oxygens (including phenoxy) is 1. The van der Waals surface area contributed by atoms with Gasteiger partial charge in [-0.05, 0) is 27.6 Å². The molecule has 0 saturated carbocycles. The number of nitrogens with zero attached hydrogens (tertiary/aromatic N) is 1. The minimum atomic E-state index is -0.202. The normalized spacial score (nSPS) is 10.1. The fourth-order valence-electron chi connectivity index (χ4n) is 1.37. The Morgan fingerprint density at radius 1 is 1.50 bits per heavy atom. The molecule has 2 rings (SSSR count). The summed E-state index contributed by atoms with van der Waals surface area (Å²) in [6.07, 6.45) is 3.11. The number of pyridine rings is 1. The van der Waals surface area contributed by atoms with Crippen LogP contribution in [0, 0.1) is 0 Å². The second-order valence-corrected chi connectivity index (χ2v) is 4.22. The van der Waals surface area contributed by atoms with Crippen LogP contribution in [0.15, 0.2) is 39.7 Å².